The normalized spacial score (nSPS) is 17.9. The third kappa shape index (κ3) is 3.41. The number of aromatic nitrogens is 1. The molecule has 0 unspecified atom stereocenters. The van der Waals surface area contributed by atoms with Crippen LogP contribution in [0, 0.1) is 11.3 Å². The zero-order chi connectivity index (χ0) is 14.6. The summed E-state index contributed by atoms with van der Waals surface area (Å²) >= 11 is 11.7. The number of amides is 1. The molecular weight excluding hydrogens is 297 g/mol. The molecule has 1 aromatic rings. The van der Waals surface area contributed by atoms with Crippen LogP contribution >= 0.6 is 23.2 Å². The Morgan fingerprint density at radius 1 is 1.25 bits per heavy atom. The molecular formula is C14H15Cl2N3O. The summed E-state index contributed by atoms with van der Waals surface area (Å²) in [6.45, 7) is 0. The molecule has 2 rings (SSSR count). The molecule has 1 aromatic heterocycles. The number of carbonyl (C=O) groups excluding carboxylic acids is 1. The zero-order valence-corrected chi connectivity index (χ0v) is 12.5. The van der Waals surface area contributed by atoms with Gasteiger partial charge in [0.25, 0.3) is 5.91 Å². The zero-order valence-electron chi connectivity index (χ0n) is 11.0. The van der Waals surface area contributed by atoms with Gasteiger partial charge in [0.05, 0.1) is 11.1 Å². The van der Waals surface area contributed by atoms with Crippen molar-refractivity contribution in [1.82, 2.24) is 10.3 Å². The second-order valence-electron chi connectivity index (χ2n) is 5.03. The molecule has 1 aliphatic carbocycles. The van der Waals surface area contributed by atoms with E-state index < -0.39 is 11.4 Å². The van der Waals surface area contributed by atoms with Crippen LogP contribution in [0.3, 0.4) is 0 Å². The van der Waals surface area contributed by atoms with Gasteiger partial charge < -0.3 is 5.32 Å². The number of nitrogens with one attached hydrogen (secondary N) is 1. The van der Waals surface area contributed by atoms with Crippen molar-refractivity contribution in [2.75, 3.05) is 0 Å². The van der Waals surface area contributed by atoms with Gasteiger partial charge in [-0.05, 0) is 25.0 Å². The fraction of sp³-hybridized carbons (Fsp3) is 0.500. The van der Waals surface area contributed by atoms with Crippen LogP contribution in [0.5, 0.6) is 0 Å². The van der Waals surface area contributed by atoms with Gasteiger partial charge in [-0.1, -0.05) is 48.9 Å². The first-order valence-electron chi connectivity index (χ1n) is 6.62. The van der Waals surface area contributed by atoms with E-state index in [0.29, 0.717) is 12.8 Å². The van der Waals surface area contributed by atoms with Crippen LogP contribution in [0.2, 0.25) is 10.2 Å². The van der Waals surface area contributed by atoms with Crippen LogP contribution in [-0.4, -0.2) is 16.4 Å². The van der Waals surface area contributed by atoms with Crippen LogP contribution in [0.15, 0.2) is 12.1 Å². The maximum absolute atomic E-state index is 12.3. The summed E-state index contributed by atoms with van der Waals surface area (Å²) in [5.74, 6) is -0.444. The van der Waals surface area contributed by atoms with Crippen LogP contribution in [0.25, 0.3) is 0 Å². The van der Waals surface area contributed by atoms with Gasteiger partial charge in [0, 0.05) is 0 Å². The molecule has 0 bridgehead atoms. The number of carbonyl (C=O) groups is 1. The van der Waals surface area contributed by atoms with Gasteiger partial charge in [-0.25, -0.2) is 4.98 Å². The van der Waals surface area contributed by atoms with E-state index in [1.807, 2.05) is 0 Å². The molecule has 4 nitrogen and oxygen atoms in total. The summed E-state index contributed by atoms with van der Waals surface area (Å²) in [5, 5.41) is 12.7. The molecule has 0 aromatic carbocycles. The Kier molecular flexibility index (Phi) is 4.85. The summed E-state index contributed by atoms with van der Waals surface area (Å²) in [6, 6.07) is 5.30. The highest BCUT2D eigenvalue weighted by molar-refractivity contribution is 6.34. The Morgan fingerprint density at radius 2 is 1.90 bits per heavy atom. The summed E-state index contributed by atoms with van der Waals surface area (Å²) in [7, 11) is 0. The van der Waals surface area contributed by atoms with Gasteiger partial charge in [0.1, 0.15) is 16.4 Å². The third-order valence-electron chi connectivity index (χ3n) is 3.55. The fourth-order valence-corrected chi connectivity index (χ4v) is 2.79. The molecule has 0 radical (unpaired) electrons. The second kappa shape index (κ2) is 6.43. The van der Waals surface area contributed by atoms with Crippen molar-refractivity contribution in [3.63, 3.8) is 0 Å². The monoisotopic (exact) mass is 311 g/mol. The number of pyridine rings is 1. The first-order chi connectivity index (χ1) is 9.56. The standard InChI is InChI=1S/C14H15Cl2N3O/c15-10-5-6-11(16)18-12(10)13(20)19-14(9-17)7-3-1-2-4-8-14/h5-6H,1-4,7-8H2,(H,19,20). The molecule has 106 valence electrons. The van der Waals surface area contributed by atoms with Crippen molar-refractivity contribution in [2.24, 2.45) is 0 Å². The highest BCUT2D eigenvalue weighted by Crippen LogP contribution is 2.27. The minimum atomic E-state index is -0.819. The Balaban J connectivity index is 2.21. The lowest BCUT2D eigenvalue weighted by Crippen LogP contribution is -2.47. The molecule has 1 heterocycles. The predicted octanol–water partition coefficient (Wildman–Crippen LogP) is 3.73. The van der Waals surface area contributed by atoms with Crippen LogP contribution < -0.4 is 5.32 Å². The van der Waals surface area contributed by atoms with Crippen molar-refractivity contribution < 1.29 is 4.79 Å². The number of hydrogen-bond donors (Lipinski definition) is 1. The van der Waals surface area contributed by atoms with E-state index in [1.165, 1.54) is 12.1 Å². The molecule has 1 fully saturated rings. The van der Waals surface area contributed by atoms with Gasteiger partial charge in [-0.2, -0.15) is 5.26 Å². The van der Waals surface area contributed by atoms with E-state index in [4.69, 9.17) is 23.2 Å². The summed E-state index contributed by atoms with van der Waals surface area (Å²) in [6.07, 6.45) is 5.38. The molecule has 1 saturated carbocycles. The van der Waals surface area contributed by atoms with E-state index in [-0.39, 0.29) is 15.9 Å². The second-order valence-corrected chi connectivity index (χ2v) is 5.82. The predicted molar refractivity (Wildman–Crippen MR) is 77.8 cm³/mol. The van der Waals surface area contributed by atoms with E-state index in [0.717, 1.165) is 25.7 Å². The lowest BCUT2D eigenvalue weighted by Gasteiger charge is -2.26. The minimum absolute atomic E-state index is 0.0676. The molecule has 20 heavy (non-hydrogen) atoms. The number of halogens is 2. The Bertz CT molecular complexity index is 546. The first kappa shape index (κ1) is 15.1. The fourth-order valence-electron chi connectivity index (χ4n) is 2.45. The number of nitriles is 1. The van der Waals surface area contributed by atoms with E-state index in [2.05, 4.69) is 16.4 Å². The van der Waals surface area contributed by atoms with Crippen molar-refractivity contribution in [2.45, 2.75) is 44.1 Å². The summed E-state index contributed by atoms with van der Waals surface area (Å²) < 4.78 is 0. The Hall–Kier alpha value is -1.31. The summed E-state index contributed by atoms with van der Waals surface area (Å²) in [5.41, 5.74) is -0.751. The van der Waals surface area contributed by atoms with Gasteiger partial charge in [-0.3, -0.25) is 4.79 Å². The molecule has 0 aliphatic heterocycles. The largest absolute Gasteiger partial charge is 0.332 e. The minimum Gasteiger partial charge on any atom is -0.332 e. The molecule has 0 atom stereocenters. The SMILES string of the molecule is N#CC1(NC(=O)c2nc(Cl)ccc2Cl)CCCCCC1. The molecule has 1 amide bonds. The summed E-state index contributed by atoms with van der Waals surface area (Å²) in [4.78, 5) is 16.2. The molecule has 1 aliphatic rings. The maximum Gasteiger partial charge on any atom is 0.272 e. The Morgan fingerprint density at radius 3 is 2.50 bits per heavy atom. The first-order valence-corrected chi connectivity index (χ1v) is 7.38. The quantitative estimate of drug-likeness (QED) is 0.668. The molecule has 6 heteroatoms. The highest BCUT2D eigenvalue weighted by atomic mass is 35.5. The lowest BCUT2D eigenvalue weighted by atomic mass is 9.91. The molecule has 1 N–H and O–H groups in total. The van der Waals surface area contributed by atoms with E-state index >= 15 is 0 Å². The van der Waals surface area contributed by atoms with Gasteiger partial charge in [0.2, 0.25) is 0 Å². The van der Waals surface area contributed by atoms with Crippen LogP contribution in [0.1, 0.15) is 49.0 Å². The number of nitrogens with zero attached hydrogens (tertiary/aromatic N) is 2. The average molecular weight is 312 g/mol. The van der Waals surface area contributed by atoms with Gasteiger partial charge in [-0.15, -0.1) is 0 Å². The lowest BCUT2D eigenvalue weighted by molar-refractivity contribution is 0.0908. The molecule has 0 saturated heterocycles. The van der Waals surface area contributed by atoms with Gasteiger partial charge >= 0.3 is 0 Å². The van der Waals surface area contributed by atoms with Crippen LogP contribution in [-0.2, 0) is 0 Å². The number of rotatable bonds is 2. The van der Waals surface area contributed by atoms with Crippen molar-refractivity contribution >= 4 is 29.1 Å². The maximum atomic E-state index is 12.3. The highest BCUT2D eigenvalue weighted by Gasteiger charge is 2.33. The Labute approximate surface area is 128 Å². The van der Waals surface area contributed by atoms with Crippen LogP contribution in [0.4, 0.5) is 0 Å². The number of hydrogen-bond acceptors (Lipinski definition) is 3. The third-order valence-corrected chi connectivity index (χ3v) is 4.07. The smallest absolute Gasteiger partial charge is 0.272 e. The van der Waals surface area contributed by atoms with E-state index in [9.17, 15) is 10.1 Å². The van der Waals surface area contributed by atoms with Crippen molar-refractivity contribution in [3.8, 4) is 6.07 Å². The molecule has 0 spiro atoms. The van der Waals surface area contributed by atoms with Crippen molar-refractivity contribution in [1.29, 1.82) is 5.26 Å². The van der Waals surface area contributed by atoms with Gasteiger partial charge in [0.15, 0.2) is 0 Å². The van der Waals surface area contributed by atoms with E-state index in [1.54, 1.807) is 0 Å². The average Bonchev–Trinajstić information content (AvgIpc) is 2.67. The van der Waals surface area contributed by atoms with Crippen molar-refractivity contribution in [3.05, 3.63) is 28.0 Å². The topological polar surface area (TPSA) is 65.8 Å².